The Labute approximate surface area is 173 Å². The molecular weight excluding hydrogens is 386 g/mol. The van der Waals surface area contributed by atoms with Crippen molar-refractivity contribution in [2.75, 3.05) is 5.32 Å². The average molecular weight is 404 g/mol. The van der Waals surface area contributed by atoms with Crippen LogP contribution in [-0.4, -0.2) is 15.0 Å². The number of fused-ring (bicyclic) bond motifs is 1. The molecule has 4 aromatic rings. The van der Waals surface area contributed by atoms with Crippen molar-refractivity contribution in [3.05, 3.63) is 69.9 Å². The second-order valence-corrected chi connectivity index (χ2v) is 7.26. The van der Waals surface area contributed by atoms with Crippen molar-refractivity contribution in [2.24, 2.45) is 0 Å². The highest BCUT2D eigenvalue weighted by Gasteiger charge is 2.17. The number of halogens is 1. The summed E-state index contributed by atoms with van der Waals surface area (Å²) >= 11 is 6.35. The fourth-order valence-electron chi connectivity index (χ4n) is 3.28. The Morgan fingerprint density at radius 2 is 1.76 bits per heavy atom. The van der Waals surface area contributed by atoms with Gasteiger partial charge in [0.15, 0.2) is 0 Å². The van der Waals surface area contributed by atoms with Crippen LogP contribution in [-0.2, 0) is 0 Å². The van der Waals surface area contributed by atoms with Crippen molar-refractivity contribution < 1.29 is 4.74 Å². The Hall–Kier alpha value is -3.56. The maximum absolute atomic E-state index is 8.95. The zero-order valence-corrected chi connectivity index (χ0v) is 16.9. The van der Waals surface area contributed by atoms with E-state index < -0.39 is 0 Å². The first-order valence-electron chi connectivity index (χ1n) is 9.02. The molecule has 4 rings (SSSR count). The van der Waals surface area contributed by atoms with Gasteiger partial charge >= 0.3 is 0 Å². The molecular formula is C22H18ClN5O. The number of nitrogens with zero attached hydrogens (tertiary/aromatic N) is 3. The number of ether oxygens (including phenoxy) is 1. The number of benzene rings is 2. The average Bonchev–Trinajstić information content (AvgIpc) is 3.06. The molecule has 0 fully saturated rings. The van der Waals surface area contributed by atoms with Gasteiger partial charge in [-0.2, -0.15) is 15.2 Å². The maximum Gasteiger partial charge on any atom is 0.235 e. The Bertz CT molecular complexity index is 1230. The molecule has 0 unspecified atom stereocenters. The van der Waals surface area contributed by atoms with E-state index >= 15 is 0 Å². The minimum absolute atomic E-state index is 0.359. The molecule has 2 N–H and O–H groups in total. The molecule has 6 nitrogen and oxygen atoms in total. The van der Waals surface area contributed by atoms with Crippen LogP contribution >= 0.6 is 11.6 Å². The molecule has 29 heavy (non-hydrogen) atoms. The first-order chi connectivity index (χ1) is 13.9. The zero-order chi connectivity index (χ0) is 20.5. The molecule has 0 radical (unpaired) electrons. The van der Waals surface area contributed by atoms with Gasteiger partial charge in [0.2, 0.25) is 11.8 Å². The molecule has 0 bridgehead atoms. The molecule has 2 aromatic carbocycles. The van der Waals surface area contributed by atoms with Gasteiger partial charge in [-0.05, 0) is 56.2 Å². The van der Waals surface area contributed by atoms with E-state index in [4.69, 9.17) is 21.6 Å². The van der Waals surface area contributed by atoms with Crippen LogP contribution in [0.3, 0.4) is 0 Å². The summed E-state index contributed by atoms with van der Waals surface area (Å²) in [5.41, 5.74) is 5.11. The summed E-state index contributed by atoms with van der Waals surface area (Å²) in [4.78, 5) is 12.1. The second-order valence-electron chi connectivity index (χ2n) is 6.86. The lowest BCUT2D eigenvalue weighted by molar-refractivity contribution is 0.462. The molecule has 144 valence electrons. The van der Waals surface area contributed by atoms with E-state index in [-0.39, 0.29) is 0 Å². The lowest BCUT2D eigenvalue weighted by Gasteiger charge is -2.14. The van der Waals surface area contributed by atoms with Crippen molar-refractivity contribution in [2.45, 2.75) is 20.8 Å². The number of nitriles is 1. The van der Waals surface area contributed by atoms with Crippen LogP contribution in [0.15, 0.2) is 42.6 Å². The third kappa shape index (κ3) is 3.73. The third-order valence-corrected chi connectivity index (χ3v) is 4.82. The van der Waals surface area contributed by atoms with Gasteiger partial charge in [0, 0.05) is 11.9 Å². The number of nitrogens with one attached hydrogen (secondary N) is 2. The van der Waals surface area contributed by atoms with Gasteiger partial charge in [0.05, 0.1) is 16.7 Å². The van der Waals surface area contributed by atoms with Crippen LogP contribution in [0.2, 0.25) is 5.02 Å². The summed E-state index contributed by atoms with van der Waals surface area (Å²) in [5.74, 6) is 1.47. The third-order valence-electron chi connectivity index (χ3n) is 4.52. The Kier molecular flexibility index (Phi) is 4.83. The van der Waals surface area contributed by atoms with Gasteiger partial charge in [0.1, 0.15) is 16.8 Å². The van der Waals surface area contributed by atoms with Crippen LogP contribution in [0.25, 0.3) is 11.0 Å². The topological polar surface area (TPSA) is 86.6 Å². The second kappa shape index (κ2) is 7.46. The van der Waals surface area contributed by atoms with E-state index in [1.807, 2.05) is 13.8 Å². The van der Waals surface area contributed by atoms with Gasteiger partial charge in [-0.3, -0.25) is 0 Å². The number of H-pyrrole nitrogens is 1. The Morgan fingerprint density at radius 1 is 1.07 bits per heavy atom. The van der Waals surface area contributed by atoms with Crippen molar-refractivity contribution in [1.82, 2.24) is 15.0 Å². The number of aromatic nitrogens is 3. The maximum atomic E-state index is 8.95. The van der Waals surface area contributed by atoms with E-state index in [1.54, 1.807) is 30.5 Å². The van der Waals surface area contributed by atoms with E-state index in [0.717, 1.165) is 22.6 Å². The number of rotatable bonds is 4. The molecule has 7 heteroatoms. The molecule has 0 aliphatic rings. The molecule has 0 spiro atoms. The first kappa shape index (κ1) is 18.8. The van der Waals surface area contributed by atoms with E-state index in [9.17, 15) is 0 Å². The van der Waals surface area contributed by atoms with E-state index in [1.165, 1.54) is 5.56 Å². The summed E-state index contributed by atoms with van der Waals surface area (Å²) in [6.45, 7) is 6.06. The molecule has 0 saturated carbocycles. The van der Waals surface area contributed by atoms with E-state index in [0.29, 0.717) is 33.4 Å². The highest BCUT2D eigenvalue weighted by atomic mass is 35.5. The lowest BCUT2D eigenvalue weighted by atomic mass is 10.1. The zero-order valence-electron chi connectivity index (χ0n) is 16.2. The fraction of sp³-hybridized carbons (Fsp3) is 0.136. The van der Waals surface area contributed by atoms with Crippen molar-refractivity contribution in [3.63, 3.8) is 0 Å². The van der Waals surface area contributed by atoms with Crippen LogP contribution in [0.1, 0.15) is 22.3 Å². The standard InChI is InChI=1S/C22H18ClN5O/c1-12-8-13(2)19(14(3)9-12)29-21-18-17(23)11-25-20(18)27-22(28-21)26-16-6-4-15(10-24)5-7-16/h4-9,11H,1-3H3,(H2,25,26,27,28). The van der Waals surface area contributed by atoms with Crippen molar-refractivity contribution in [3.8, 4) is 17.7 Å². The normalized spacial score (nSPS) is 10.7. The number of anilines is 2. The predicted octanol–water partition coefficient (Wildman–Crippen LogP) is 5.94. The minimum atomic E-state index is 0.359. The van der Waals surface area contributed by atoms with Gasteiger partial charge in [-0.25, -0.2) is 0 Å². The van der Waals surface area contributed by atoms with Gasteiger partial charge in [-0.1, -0.05) is 29.3 Å². The van der Waals surface area contributed by atoms with Crippen molar-refractivity contribution in [1.29, 1.82) is 5.26 Å². The van der Waals surface area contributed by atoms with E-state index in [2.05, 4.69) is 45.4 Å². The van der Waals surface area contributed by atoms with Crippen molar-refractivity contribution >= 4 is 34.3 Å². The number of aryl methyl sites for hydroxylation is 3. The first-order valence-corrected chi connectivity index (χ1v) is 9.40. The van der Waals surface area contributed by atoms with Crippen LogP contribution in [0.4, 0.5) is 11.6 Å². The summed E-state index contributed by atoms with van der Waals surface area (Å²) in [7, 11) is 0. The minimum Gasteiger partial charge on any atom is -0.438 e. The molecule has 0 aliphatic heterocycles. The monoisotopic (exact) mass is 403 g/mol. The SMILES string of the molecule is Cc1cc(C)c(Oc2nc(Nc3ccc(C#N)cc3)nc3[nH]cc(Cl)c23)c(C)c1. The molecule has 0 amide bonds. The van der Waals surface area contributed by atoms with Gasteiger partial charge in [0.25, 0.3) is 0 Å². The fourth-order valence-corrected chi connectivity index (χ4v) is 3.50. The number of aromatic amines is 1. The lowest BCUT2D eigenvalue weighted by Crippen LogP contribution is -2.01. The smallest absolute Gasteiger partial charge is 0.235 e. The van der Waals surface area contributed by atoms with Crippen LogP contribution in [0, 0.1) is 32.1 Å². The highest BCUT2D eigenvalue weighted by Crippen LogP contribution is 2.36. The van der Waals surface area contributed by atoms with Crippen LogP contribution in [0.5, 0.6) is 11.6 Å². The predicted molar refractivity (Wildman–Crippen MR) is 114 cm³/mol. The van der Waals surface area contributed by atoms with Crippen LogP contribution < -0.4 is 10.1 Å². The Morgan fingerprint density at radius 3 is 2.41 bits per heavy atom. The molecule has 0 atom stereocenters. The quantitative estimate of drug-likeness (QED) is 0.440. The molecule has 0 saturated heterocycles. The number of hydrogen-bond acceptors (Lipinski definition) is 5. The molecule has 2 heterocycles. The summed E-state index contributed by atoms with van der Waals surface area (Å²) in [5, 5.41) is 13.2. The largest absolute Gasteiger partial charge is 0.438 e. The summed E-state index contributed by atoms with van der Waals surface area (Å²) in [6.07, 6.45) is 1.66. The Balaban J connectivity index is 1.76. The highest BCUT2D eigenvalue weighted by molar-refractivity contribution is 6.35. The van der Waals surface area contributed by atoms with Gasteiger partial charge < -0.3 is 15.0 Å². The number of hydrogen-bond donors (Lipinski definition) is 2. The van der Waals surface area contributed by atoms with Gasteiger partial charge in [-0.15, -0.1) is 0 Å². The summed E-state index contributed by atoms with van der Waals surface area (Å²) in [6, 6.07) is 13.3. The molecule has 0 aliphatic carbocycles. The summed E-state index contributed by atoms with van der Waals surface area (Å²) < 4.78 is 6.22. The molecule has 2 aromatic heterocycles.